The summed E-state index contributed by atoms with van der Waals surface area (Å²) in [6.07, 6.45) is -2.58. The van der Waals surface area contributed by atoms with Crippen molar-refractivity contribution in [2.75, 3.05) is 17.6 Å². The number of fused-ring (bicyclic) bond motifs is 2. The van der Waals surface area contributed by atoms with Crippen LogP contribution in [-0.4, -0.2) is 41.8 Å². The first-order valence-corrected chi connectivity index (χ1v) is 18.7. The number of halogens is 3. The first kappa shape index (κ1) is 39.3. The van der Waals surface area contributed by atoms with Crippen molar-refractivity contribution in [3.8, 4) is 11.5 Å². The molecule has 2 amide bonds. The van der Waals surface area contributed by atoms with Crippen LogP contribution in [0.25, 0.3) is 0 Å². The van der Waals surface area contributed by atoms with E-state index in [0.29, 0.717) is 12.0 Å². The maximum absolute atomic E-state index is 15.9. The van der Waals surface area contributed by atoms with Gasteiger partial charge in [0.2, 0.25) is 0 Å². The molecular formula is C46H44F3N3O5. The van der Waals surface area contributed by atoms with Gasteiger partial charge in [0, 0.05) is 18.2 Å². The van der Waals surface area contributed by atoms with Gasteiger partial charge in [0.1, 0.15) is 16.9 Å². The molecular weight excluding hydrogens is 732 g/mol. The average molecular weight is 776 g/mol. The number of amides is 2. The zero-order chi connectivity index (χ0) is 41.1. The number of hydrogen-bond donors (Lipinski definition) is 1. The summed E-state index contributed by atoms with van der Waals surface area (Å²) in [5.74, 6) is -0.432. The lowest BCUT2D eigenvalue weighted by atomic mass is 9.67. The number of nitrogens with one attached hydrogen (secondary N) is 1. The summed E-state index contributed by atoms with van der Waals surface area (Å²) in [7, 11) is 1.65. The van der Waals surface area contributed by atoms with Crippen molar-refractivity contribution in [3.05, 3.63) is 153 Å². The summed E-state index contributed by atoms with van der Waals surface area (Å²) >= 11 is 0. The second-order valence-corrected chi connectivity index (χ2v) is 16.6. The predicted molar refractivity (Wildman–Crippen MR) is 213 cm³/mol. The van der Waals surface area contributed by atoms with Crippen LogP contribution in [0.2, 0.25) is 0 Å². The number of rotatable bonds is 8. The van der Waals surface area contributed by atoms with Crippen LogP contribution >= 0.6 is 0 Å². The molecule has 0 bridgehead atoms. The molecule has 7 rings (SSSR count). The minimum Gasteiger partial charge on any atom is -0.457 e. The number of aryl methyl sites for hydroxylation is 2. The lowest BCUT2D eigenvalue weighted by molar-refractivity contribution is -0.166. The van der Waals surface area contributed by atoms with Crippen molar-refractivity contribution in [3.63, 3.8) is 0 Å². The first-order valence-electron chi connectivity index (χ1n) is 18.7. The van der Waals surface area contributed by atoms with E-state index in [4.69, 9.17) is 9.68 Å². The highest BCUT2D eigenvalue weighted by Crippen LogP contribution is 2.52. The van der Waals surface area contributed by atoms with Gasteiger partial charge in [-0.3, -0.25) is 14.4 Å². The molecule has 1 aliphatic carbocycles. The maximum atomic E-state index is 15.9. The molecule has 0 saturated heterocycles. The second kappa shape index (κ2) is 14.2. The Kier molecular flexibility index (Phi) is 9.80. The minimum absolute atomic E-state index is 0.0119. The number of ether oxygens (including phenoxy) is 1. The van der Waals surface area contributed by atoms with Crippen molar-refractivity contribution in [1.82, 2.24) is 4.90 Å². The van der Waals surface area contributed by atoms with Crippen LogP contribution in [0.5, 0.6) is 11.5 Å². The summed E-state index contributed by atoms with van der Waals surface area (Å²) in [6, 6.07) is 26.6. The van der Waals surface area contributed by atoms with E-state index in [1.54, 1.807) is 67.7 Å². The van der Waals surface area contributed by atoms with E-state index in [2.05, 4.69) is 5.48 Å². The monoisotopic (exact) mass is 775 g/mol. The fourth-order valence-corrected chi connectivity index (χ4v) is 7.26. The fraction of sp³-hybridized carbons (Fsp3) is 0.283. The van der Waals surface area contributed by atoms with Gasteiger partial charge in [-0.05, 0) is 121 Å². The largest absolute Gasteiger partial charge is 0.457 e. The summed E-state index contributed by atoms with van der Waals surface area (Å²) in [6.45, 7) is 11.7. The lowest BCUT2D eigenvalue weighted by Crippen LogP contribution is -2.45. The molecule has 294 valence electrons. The van der Waals surface area contributed by atoms with E-state index in [-0.39, 0.29) is 61.9 Å². The number of alkyl halides is 3. The van der Waals surface area contributed by atoms with Gasteiger partial charge in [-0.2, -0.15) is 18.2 Å². The normalized spacial score (nSPS) is 15.1. The van der Waals surface area contributed by atoms with Crippen molar-refractivity contribution in [1.29, 1.82) is 0 Å². The highest BCUT2D eigenvalue weighted by molar-refractivity contribution is 6.09. The number of hydrogen-bond acceptors (Lipinski definition) is 6. The predicted octanol–water partition coefficient (Wildman–Crippen LogP) is 10.4. The van der Waals surface area contributed by atoms with E-state index < -0.39 is 23.0 Å². The van der Waals surface area contributed by atoms with Crippen molar-refractivity contribution >= 4 is 29.5 Å². The van der Waals surface area contributed by atoms with Crippen LogP contribution in [0.4, 0.5) is 24.5 Å². The summed E-state index contributed by atoms with van der Waals surface area (Å²) in [5.41, 5.74) is 3.61. The molecule has 0 fully saturated rings. The smallest absolute Gasteiger partial charge is 0.406 e. The van der Waals surface area contributed by atoms with Crippen LogP contribution in [0.3, 0.4) is 0 Å². The molecule has 1 heterocycles. The Hall–Kier alpha value is -5.94. The maximum Gasteiger partial charge on any atom is 0.406 e. The Bertz CT molecular complexity index is 2380. The molecule has 5 aromatic rings. The molecule has 0 spiro atoms. The Morgan fingerprint density at radius 3 is 1.89 bits per heavy atom. The van der Waals surface area contributed by atoms with Gasteiger partial charge in [0.15, 0.2) is 6.29 Å². The summed E-state index contributed by atoms with van der Waals surface area (Å²) in [4.78, 5) is 46.2. The minimum atomic E-state index is -4.74. The lowest BCUT2D eigenvalue weighted by Gasteiger charge is -2.39. The molecule has 0 aromatic heterocycles. The highest BCUT2D eigenvalue weighted by atomic mass is 19.4. The molecule has 5 aromatic carbocycles. The van der Waals surface area contributed by atoms with Crippen LogP contribution in [-0.2, 0) is 28.6 Å². The molecule has 57 heavy (non-hydrogen) atoms. The average Bonchev–Trinajstić information content (AvgIpc) is 3.15. The van der Waals surface area contributed by atoms with Crippen LogP contribution in [0, 0.1) is 0 Å². The molecule has 1 atom stereocenters. The number of aldehydes is 1. The topological polar surface area (TPSA) is 88.2 Å². The number of anilines is 2. The quantitative estimate of drug-likeness (QED) is 0.125. The molecule has 11 heteroatoms. The van der Waals surface area contributed by atoms with Gasteiger partial charge >= 0.3 is 6.18 Å². The van der Waals surface area contributed by atoms with Gasteiger partial charge in [-0.15, -0.1) is 4.94 Å². The first-order chi connectivity index (χ1) is 26.8. The zero-order valence-electron chi connectivity index (χ0n) is 32.9. The number of carbonyl (C=O) groups is 3. The van der Waals surface area contributed by atoms with Crippen LogP contribution in [0.15, 0.2) is 103 Å². The molecule has 0 radical (unpaired) electrons. The number of benzene rings is 5. The SMILES string of the molecule is CN(C(=O)c1cc(Oc2ccc3c(c2)C(=O)N(c2ccc(C(c4ccc(C(C)(C)C)cc4)(c4ccc5c(c4)CC5)C(F)(F)F)cc2)ON3)ccc1C=O)C(C)(C)C. The molecule has 8 nitrogen and oxygen atoms in total. The molecule has 1 N–H and O–H groups in total. The third-order valence-electron chi connectivity index (χ3n) is 11.0. The van der Waals surface area contributed by atoms with Gasteiger partial charge in [-0.1, -0.05) is 75.4 Å². The number of nitrogens with zero attached hydrogens (tertiary/aromatic N) is 2. The van der Waals surface area contributed by atoms with Gasteiger partial charge < -0.3 is 9.64 Å². The van der Waals surface area contributed by atoms with E-state index in [1.165, 1.54) is 47.4 Å². The number of hydroxylamine groups is 1. The van der Waals surface area contributed by atoms with Crippen molar-refractivity contribution in [2.24, 2.45) is 0 Å². The molecule has 2 aliphatic rings. The third kappa shape index (κ3) is 7.05. The number of carbonyl (C=O) groups excluding carboxylic acids is 3. The van der Waals surface area contributed by atoms with Crippen molar-refractivity contribution in [2.45, 2.75) is 76.9 Å². The Balaban J connectivity index is 1.21. The second-order valence-electron chi connectivity index (χ2n) is 16.6. The summed E-state index contributed by atoms with van der Waals surface area (Å²) in [5, 5.41) is 0.965. The molecule has 1 unspecified atom stereocenters. The van der Waals surface area contributed by atoms with Gasteiger partial charge in [-0.25, -0.2) is 5.48 Å². The molecule has 0 saturated carbocycles. The Morgan fingerprint density at radius 2 is 1.33 bits per heavy atom. The standard InChI is InChI=1S/C46H44F3N3O5/c1-43(2,3)31-13-15-32(16-14-31)45(46(47,48)49,34-12-10-28-8-9-29(28)24-34)33-17-19-35(20-18-33)52-42(55)39-26-37(22-23-40(39)50-57-52)56-36-21-11-30(27-53)38(25-36)41(54)51(7)44(4,5)6/h10-27,50H,8-9H2,1-7H3. The van der Waals surface area contributed by atoms with Gasteiger partial charge in [0.25, 0.3) is 11.8 Å². The third-order valence-corrected chi connectivity index (χ3v) is 11.0. The zero-order valence-corrected chi connectivity index (χ0v) is 32.9. The highest BCUT2D eigenvalue weighted by Gasteiger charge is 2.58. The Labute approximate surface area is 330 Å². The van der Waals surface area contributed by atoms with E-state index in [1.807, 2.05) is 41.5 Å². The van der Waals surface area contributed by atoms with E-state index >= 15 is 13.2 Å². The Morgan fingerprint density at radius 1 is 0.754 bits per heavy atom. The summed E-state index contributed by atoms with van der Waals surface area (Å²) < 4.78 is 53.9. The fourth-order valence-electron chi connectivity index (χ4n) is 7.26. The van der Waals surface area contributed by atoms with Crippen LogP contribution < -0.4 is 15.3 Å². The van der Waals surface area contributed by atoms with E-state index in [9.17, 15) is 14.4 Å². The van der Waals surface area contributed by atoms with E-state index in [0.717, 1.165) is 34.6 Å². The van der Waals surface area contributed by atoms with Crippen LogP contribution in [0.1, 0.15) is 106 Å². The van der Waals surface area contributed by atoms with Gasteiger partial charge in [0.05, 0.1) is 22.5 Å². The molecule has 1 aliphatic heterocycles. The van der Waals surface area contributed by atoms with Crippen molar-refractivity contribution < 1.29 is 37.2 Å².